The van der Waals surface area contributed by atoms with Gasteiger partial charge in [0, 0.05) is 0 Å². The number of aliphatic hydroxyl groups is 3. The molecule has 4 N–H and O–H groups in total. The van der Waals surface area contributed by atoms with Crippen LogP contribution in [0.25, 0.3) is 0 Å². The summed E-state index contributed by atoms with van der Waals surface area (Å²) in [6.07, 6.45) is 11.0. The zero-order chi connectivity index (χ0) is 22.2. The van der Waals surface area contributed by atoms with E-state index < -0.39 is 36.7 Å². The third kappa shape index (κ3) is 12.2. The molecular weight excluding hydrogens is 388 g/mol. The van der Waals surface area contributed by atoms with Gasteiger partial charge in [-0.15, -0.1) is 0 Å². The second-order valence-electron chi connectivity index (χ2n) is 8.64. The van der Waals surface area contributed by atoms with Gasteiger partial charge in [-0.1, -0.05) is 90.4 Å². The number of carboxylic acid groups (broad SMARTS) is 1. The van der Waals surface area contributed by atoms with Gasteiger partial charge >= 0.3 is 5.97 Å². The summed E-state index contributed by atoms with van der Waals surface area (Å²) in [6, 6.07) is 0. The predicted molar refractivity (Wildman–Crippen MR) is 115 cm³/mol. The van der Waals surface area contributed by atoms with Gasteiger partial charge in [-0.05, 0) is 6.42 Å². The number of hydrogen-bond acceptors (Lipinski definition) is 6. The topological polar surface area (TPSA) is 116 Å². The molecule has 0 aliphatic carbocycles. The average Bonchev–Trinajstić information content (AvgIpc) is 2.71. The molecule has 1 rings (SSSR count). The second kappa shape index (κ2) is 16.9. The molecule has 178 valence electrons. The third-order valence-corrected chi connectivity index (χ3v) is 5.81. The Kier molecular flexibility index (Phi) is 15.4. The first kappa shape index (κ1) is 27.3. The molecule has 0 bridgehead atoms. The van der Waals surface area contributed by atoms with E-state index in [1.54, 1.807) is 0 Å². The molecule has 0 amide bonds. The van der Waals surface area contributed by atoms with Crippen LogP contribution in [0.4, 0.5) is 0 Å². The Morgan fingerprint density at radius 1 is 0.867 bits per heavy atom. The fourth-order valence-electron chi connectivity index (χ4n) is 3.89. The number of aliphatic hydroxyl groups excluding tert-OH is 3. The van der Waals surface area contributed by atoms with Crippen molar-refractivity contribution in [3.63, 3.8) is 0 Å². The molecule has 1 saturated heterocycles. The lowest BCUT2D eigenvalue weighted by atomic mass is 10.0. The van der Waals surface area contributed by atoms with Crippen LogP contribution in [-0.2, 0) is 14.3 Å². The van der Waals surface area contributed by atoms with Gasteiger partial charge in [0.2, 0.25) is 0 Å². The molecule has 30 heavy (non-hydrogen) atoms. The van der Waals surface area contributed by atoms with Gasteiger partial charge in [0.05, 0.1) is 19.1 Å². The number of hydrogen-bond donors (Lipinski definition) is 4. The van der Waals surface area contributed by atoms with E-state index in [0.717, 1.165) is 19.3 Å². The Morgan fingerprint density at radius 2 is 1.37 bits per heavy atom. The quantitative estimate of drug-likeness (QED) is 0.244. The van der Waals surface area contributed by atoms with Crippen LogP contribution in [0.2, 0.25) is 0 Å². The van der Waals surface area contributed by atoms with Crippen molar-refractivity contribution in [1.82, 2.24) is 0 Å². The highest BCUT2D eigenvalue weighted by Gasteiger charge is 2.39. The van der Waals surface area contributed by atoms with Crippen LogP contribution in [0.1, 0.15) is 103 Å². The zero-order valence-electron chi connectivity index (χ0n) is 18.7. The van der Waals surface area contributed by atoms with Crippen LogP contribution in [0.3, 0.4) is 0 Å². The first-order valence-electron chi connectivity index (χ1n) is 12.0. The fraction of sp³-hybridized carbons (Fsp3) is 0.957. The minimum absolute atomic E-state index is 0.151. The molecule has 5 atom stereocenters. The molecule has 1 aliphatic rings. The second-order valence-corrected chi connectivity index (χ2v) is 8.64. The molecule has 7 nitrogen and oxygen atoms in total. The minimum atomic E-state index is -1.39. The highest BCUT2D eigenvalue weighted by atomic mass is 16.7. The van der Waals surface area contributed by atoms with Crippen molar-refractivity contribution in [2.45, 2.75) is 134 Å². The van der Waals surface area contributed by atoms with E-state index >= 15 is 0 Å². The van der Waals surface area contributed by atoms with Gasteiger partial charge in [0.25, 0.3) is 0 Å². The standard InChI is InChI=1S/C23H44O7/c1-2-3-4-5-6-7-8-9-10-11-12-13-14-15-18(16-20(25)26)30-23-22(28)21(27)19(24)17-29-23/h18-19,21-24,27-28H,2-17H2,1H3,(H,25,26)/t18?,19-,21+,22-,23?/m1/s1. The fourth-order valence-corrected chi connectivity index (χ4v) is 3.89. The van der Waals surface area contributed by atoms with Gasteiger partial charge in [-0.25, -0.2) is 0 Å². The Hall–Kier alpha value is -0.730. The minimum Gasteiger partial charge on any atom is -0.481 e. The molecule has 2 unspecified atom stereocenters. The van der Waals surface area contributed by atoms with Crippen molar-refractivity contribution in [2.24, 2.45) is 0 Å². The van der Waals surface area contributed by atoms with Crippen LogP contribution in [0, 0.1) is 0 Å². The van der Waals surface area contributed by atoms with E-state index in [4.69, 9.17) is 14.6 Å². The van der Waals surface area contributed by atoms with Gasteiger partial charge in [-0.2, -0.15) is 0 Å². The van der Waals surface area contributed by atoms with E-state index in [1.165, 1.54) is 64.2 Å². The summed E-state index contributed by atoms with van der Waals surface area (Å²) >= 11 is 0. The summed E-state index contributed by atoms with van der Waals surface area (Å²) in [7, 11) is 0. The Balaban J connectivity index is 2.10. The highest BCUT2D eigenvalue weighted by molar-refractivity contribution is 5.67. The zero-order valence-corrected chi connectivity index (χ0v) is 18.7. The maximum absolute atomic E-state index is 11.1. The molecule has 1 heterocycles. The molecule has 1 aliphatic heterocycles. The molecule has 1 fully saturated rings. The van der Waals surface area contributed by atoms with Crippen molar-refractivity contribution in [3.8, 4) is 0 Å². The van der Waals surface area contributed by atoms with Crippen LogP contribution in [0.5, 0.6) is 0 Å². The summed E-state index contributed by atoms with van der Waals surface area (Å²) in [5.41, 5.74) is 0. The SMILES string of the molecule is CCCCCCCCCCCCCCCC(CC(=O)O)OC1OC[C@@H](O)[C@H](O)[C@H]1O. The molecule has 0 aromatic heterocycles. The molecule has 0 saturated carbocycles. The lowest BCUT2D eigenvalue weighted by Crippen LogP contribution is -2.54. The largest absolute Gasteiger partial charge is 0.481 e. The lowest BCUT2D eigenvalue weighted by Gasteiger charge is -2.36. The first-order valence-corrected chi connectivity index (χ1v) is 12.0. The van der Waals surface area contributed by atoms with Crippen molar-refractivity contribution in [1.29, 1.82) is 0 Å². The maximum atomic E-state index is 11.1. The Morgan fingerprint density at radius 3 is 1.87 bits per heavy atom. The van der Waals surface area contributed by atoms with Crippen molar-refractivity contribution in [3.05, 3.63) is 0 Å². The van der Waals surface area contributed by atoms with Crippen LogP contribution < -0.4 is 0 Å². The molecule has 7 heteroatoms. The van der Waals surface area contributed by atoms with E-state index in [1.807, 2.05) is 0 Å². The molecule has 0 aromatic carbocycles. The van der Waals surface area contributed by atoms with E-state index in [0.29, 0.717) is 6.42 Å². The molecular formula is C23H44O7. The predicted octanol–water partition coefficient (Wildman–Crippen LogP) is 3.77. The van der Waals surface area contributed by atoms with Crippen molar-refractivity contribution >= 4 is 5.97 Å². The number of rotatable bonds is 18. The molecule has 0 spiro atoms. The van der Waals surface area contributed by atoms with E-state index in [-0.39, 0.29) is 13.0 Å². The third-order valence-electron chi connectivity index (χ3n) is 5.81. The number of unbranched alkanes of at least 4 members (excludes halogenated alkanes) is 12. The molecule has 0 radical (unpaired) electrons. The number of aliphatic carboxylic acids is 1. The summed E-state index contributed by atoms with van der Waals surface area (Å²) in [5.74, 6) is -0.972. The maximum Gasteiger partial charge on any atom is 0.305 e. The monoisotopic (exact) mass is 432 g/mol. The number of carboxylic acids is 1. The summed E-state index contributed by atoms with van der Waals surface area (Å²) in [6.45, 7) is 2.09. The Bertz CT molecular complexity index is 432. The Labute approximate surface area is 181 Å². The van der Waals surface area contributed by atoms with Crippen molar-refractivity contribution in [2.75, 3.05) is 6.61 Å². The summed E-state index contributed by atoms with van der Waals surface area (Å²) in [5, 5.41) is 38.3. The lowest BCUT2D eigenvalue weighted by molar-refractivity contribution is -0.283. The average molecular weight is 433 g/mol. The van der Waals surface area contributed by atoms with E-state index in [9.17, 15) is 20.1 Å². The molecule has 0 aromatic rings. The van der Waals surface area contributed by atoms with E-state index in [2.05, 4.69) is 6.92 Å². The first-order chi connectivity index (χ1) is 14.5. The summed E-state index contributed by atoms with van der Waals surface area (Å²) < 4.78 is 10.8. The van der Waals surface area contributed by atoms with Crippen LogP contribution in [0.15, 0.2) is 0 Å². The number of carbonyl (C=O) groups is 1. The normalized spacial score (nSPS) is 25.3. The van der Waals surface area contributed by atoms with Crippen LogP contribution in [-0.4, -0.2) is 63.7 Å². The van der Waals surface area contributed by atoms with Gasteiger partial charge < -0.3 is 29.9 Å². The highest BCUT2D eigenvalue weighted by Crippen LogP contribution is 2.22. The summed E-state index contributed by atoms with van der Waals surface area (Å²) in [4.78, 5) is 11.1. The number of ether oxygens (including phenoxy) is 2. The van der Waals surface area contributed by atoms with Gasteiger partial charge in [0.1, 0.15) is 18.3 Å². The van der Waals surface area contributed by atoms with Gasteiger partial charge in [0.15, 0.2) is 6.29 Å². The van der Waals surface area contributed by atoms with Crippen LogP contribution >= 0.6 is 0 Å². The van der Waals surface area contributed by atoms with Gasteiger partial charge in [-0.3, -0.25) is 4.79 Å². The smallest absolute Gasteiger partial charge is 0.305 e. The van der Waals surface area contributed by atoms with Crippen molar-refractivity contribution < 1.29 is 34.7 Å².